The number of rotatable bonds is 5. The highest BCUT2D eigenvalue weighted by Crippen LogP contribution is 2.37. The topological polar surface area (TPSA) is 122 Å². The molecule has 0 radical (unpaired) electrons. The number of likely N-dealkylation sites (tertiary alicyclic amines) is 1. The number of hydrogen-bond donors (Lipinski definition) is 1. The van der Waals surface area contributed by atoms with Crippen LogP contribution in [0.3, 0.4) is 0 Å². The molecule has 0 saturated carbocycles. The van der Waals surface area contributed by atoms with E-state index in [1.165, 1.54) is 6.07 Å². The van der Waals surface area contributed by atoms with E-state index in [9.17, 15) is 14.4 Å². The molecule has 1 fully saturated rings. The van der Waals surface area contributed by atoms with Crippen LogP contribution in [0.4, 0.5) is 0 Å². The average Bonchev–Trinajstić information content (AvgIpc) is 3.46. The van der Waals surface area contributed by atoms with Gasteiger partial charge in [-0.15, -0.1) is 10.2 Å². The molecule has 0 atom stereocenters. The second-order valence-corrected chi connectivity index (χ2v) is 8.83. The van der Waals surface area contributed by atoms with E-state index in [2.05, 4.69) is 15.5 Å². The third kappa shape index (κ3) is 3.69. The Bertz CT molecular complexity index is 1500. The number of benzene rings is 1. The Hall–Kier alpha value is -3.79. The second-order valence-electron chi connectivity index (χ2n) is 8.83. The molecule has 1 aliphatic heterocycles. The SMILES string of the molecule is Cc1cc(=O)oc2c1ccc1oc3c(C(=O)N4CCCC4)nnc(C(=O)NCCN(C)C)c3c12. The molecule has 2 amide bonds. The molecular formula is C24H25N5O5. The lowest BCUT2D eigenvalue weighted by molar-refractivity contribution is 0.0785. The summed E-state index contributed by atoms with van der Waals surface area (Å²) >= 11 is 0. The molecule has 5 rings (SSSR count). The van der Waals surface area contributed by atoms with Crippen molar-refractivity contribution >= 4 is 44.7 Å². The van der Waals surface area contributed by atoms with E-state index in [0.717, 1.165) is 18.4 Å². The van der Waals surface area contributed by atoms with Crippen molar-refractivity contribution in [2.75, 3.05) is 40.3 Å². The number of amides is 2. The van der Waals surface area contributed by atoms with E-state index >= 15 is 0 Å². The molecule has 176 valence electrons. The van der Waals surface area contributed by atoms with Gasteiger partial charge in [0.1, 0.15) is 5.58 Å². The number of hydrogen-bond acceptors (Lipinski definition) is 8. The first-order chi connectivity index (χ1) is 16.3. The van der Waals surface area contributed by atoms with Crippen LogP contribution in [0.2, 0.25) is 0 Å². The molecule has 0 spiro atoms. The quantitative estimate of drug-likeness (QED) is 0.448. The number of nitrogens with one attached hydrogen (secondary N) is 1. The summed E-state index contributed by atoms with van der Waals surface area (Å²) in [4.78, 5) is 42.2. The van der Waals surface area contributed by atoms with Crippen LogP contribution in [0.5, 0.6) is 0 Å². The standard InChI is InChI=1S/C24H25N5O5/c1-13-12-16(30)34-21-14(13)6-7-15-17(21)18-19(23(31)25-8-11-28(2)3)26-27-20(22(18)33-15)24(32)29-9-4-5-10-29/h6-7,12H,4-5,8-11H2,1-3H3,(H,25,31). The molecule has 4 heterocycles. The fourth-order valence-electron chi connectivity index (χ4n) is 4.40. The minimum absolute atomic E-state index is 0.0159. The lowest BCUT2D eigenvalue weighted by atomic mass is 10.0. The van der Waals surface area contributed by atoms with E-state index in [-0.39, 0.29) is 28.5 Å². The number of likely N-dealkylation sites (N-methyl/N-ethyl adjacent to an activating group) is 1. The molecule has 0 unspecified atom stereocenters. The molecule has 34 heavy (non-hydrogen) atoms. The number of aryl methyl sites for hydroxylation is 1. The van der Waals surface area contributed by atoms with Gasteiger partial charge in [-0.1, -0.05) is 0 Å². The highest BCUT2D eigenvalue weighted by Gasteiger charge is 2.30. The predicted octanol–water partition coefficient (Wildman–Crippen LogP) is 2.32. The van der Waals surface area contributed by atoms with E-state index in [4.69, 9.17) is 8.83 Å². The van der Waals surface area contributed by atoms with Gasteiger partial charge < -0.3 is 24.0 Å². The zero-order valence-corrected chi connectivity index (χ0v) is 19.3. The first-order valence-corrected chi connectivity index (χ1v) is 11.2. The van der Waals surface area contributed by atoms with Crippen LogP contribution in [0.25, 0.3) is 32.9 Å². The Balaban J connectivity index is 1.78. The van der Waals surface area contributed by atoms with Gasteiger partial charge in [-0.2, -0.15) is 0 Å². The maximum Gasteiger partial charge on any atom is 0.336 e. The lowest BCUT2D eigenvalue weighted by Gasteiger charge is -2.14. The summed E-state index contributed by atoms with van der Waals surface area (Å²) in [6, 6.07) is 4.94. The van der Waals surface area contributed by atoms with Gasteiger partial charge in [0.25, 0.3) is 11.8 Å². The second kappa shape index (κ2) is 8.53. The first kappa shape index (κ1) is 22.0. The normalized spacial score (nSPS) is 14.1. The molecule has 4 aromatic rings. The molecule has 0 aliphatic carbocycles. The lowest BCUT2D eigenvalue weighted by Crippen LogP contribution is -2.33. The monoisotopic (exact) mass is 463 g/mol. The number of nitrogens with zero attached hydrogens (tertiary/aromatic N) is 4. The Labute approximate surface area is 194 Å². The minimum Gasteiger partial charge on any atom is -0.453 e. The van der Waals surface area contributed by atoms with E-state index < -0.39 is 11.5 Å². The first-order valence-electron chi connectivity index (χ1n) is 11.2. The third-order valence-corrected chi connectivity index (χ3v) is 6.13. The Morgan fingerprint density at radius 1 is 1.06 bits per heavy atom. The third-order valence-electron chi connectivity index (χ3n) is 6.13. The highest BCUT2D eigenvalue weighted by atomic mass is 16.4. The largest absolute Gasteiger partial charge is 0.453 e. The van der Waals surface area contributed by atoms with Gasteiger partial charge in [-0.05, 0) is 51.6 Å². The molecule has 3 aromatic heterocycles. The summed E-state index contributed by atoms with van der Waals surface area (Å²) in [5.41, 5.74) is 1.11. The summed E-state index contributed by atoms with van der Waals surface area (Å²) in [6.45, 7) is 4.10. The van der Waals surface area contributed by atoms with Gasteiger partial charge >= 0.3 is 5.63 Å². The van der Waals surface area contributed by atoms with Gasteiger partial charge in [0.2, 0.25) is 0 Å². The van der Waals surface area contributed by atoms with E-state index in [0.29, 0.717) is 47.9 Å². The van der Waals surface area contributed by atoms with Crippen molar-refractivity contribution in [3.63, 3.8) is 0 Å². The highest BCUT2D eigenvalue weighted by molar-refractivity contribution is 6.24. The Morgan fingerprint density at radius 3 is 2.53 bits per heavy atom. The van der Waals surface area contributed by atoms with E-state index in [1.54, 1.807) is 17.0 Å². The summed E-state index contributed by atoms with van der Waals surface area (Å²) in [5, 5.41) is 12.6. The number of furan rings is 1. The average molecular weight is 463 g/mol. The van der Waals surface area contributed by atoms with Crippen molar-refractivity contribution in [3.8, 4) is 0 Å². The van der Waals surface area contributed by atoms with Gasteiger partial charge in [-0.25, -0.2) is 4.79 Å². The van der Waals surface area contributed by atoms with E-state index in [1.807, 2.05) is 25.9 Å². The van der Waals surface area contributed by atoms with Gasteiger partial charge in [0.15, 0.2) is 22.6 Å². The zero-order chi connectivity index (χ0) is 24.0. The maximum atomic E-state index is 13.2. The van der Waals surface area contributed by atoms with Crippen LogP contribution in [0.15, 0.2) is 31.8 Å². The molecular weight excluding hydrogens is 438 g/mol. The Morgan fingerprint density at radius 2 is 1.79 bits per heavy atom. The summed E-state index contributed by atoms with van der Waals surface area (Å²) in [5.74, 6) is -0.746. The Kier molecular flexibility index (Phi) is 5.52. The fourth-order valence-corrected chi connectivity index (χ4v) is 4.40. The number of carbonyl (C=O) groups is 2. The van der Waals surface area contributed by atoms with Crippen LogP contribution < -0.4 is 10.9 Å². The molecule has 1 saturated heterocycles. The van der Waals surface area contributed by atoms with Crippen LogP contribution in [-0.4, -0.2) is 72.1 Å². The maximum absolute atomic E-state index is 13.2. The van der Waals surface area contributed by atoms with Gasteiger partial charge in [-0.3, -0.25) is 9.59 Å². The van der Waals surface area contributed by atoms with Crippen molar-refractivity contribution in [2.24, 2.45) is 0 Å². The molecule has 1 aromatic carbocycles. The smallest absolute Gasteiger partial charge is 0.336 e. The minimum atomic E-state index is -0.515. The number of fused-ring (bicyclic) bond motifs is 5. The van der Waals surface area contributed by atoms with Crippen molar-refractivity contribution in [2.45, 2.75) is 19.8 Å². The summed E-state index contributed by atoms with van der Waals surface area (Å²) in [6.07, 6.45) is 1.84. The van der Waals surface area contributed by atoms with Gasteiger partial charge in [0.05, 0.1) is 10.8 Å². The number of carbonyl (C=O) groups excluding carboxylic acids is 2. The number of aromatic nitrogens is 2. The van der Waals surface area contributed by atoms with Gasteiger partial charge in [0, 0.05) is 37.6 Å². The molecule has 10 heteroatoms. The zero-order valence-electron chi connectivity index (χ0n) is 19.3. The van der Waals surface area contributed by atoms with Crippen molar-refractivity contribution in [1.82, 2.24) is 25.3 Å². The van der Waals surface area contributed by atoms with Crippen molar-refractivity contribution < 1.29 is 18.4 Å². The van der Waals surface area contributed by atoms with Crippen LogP contribution in [0, 0.1) is 6.92 Å². The molecule has 0 bridgehead atoms. The predicted molar refractivity (Wildman–Crippen MR) is 126 cm³/mol. The fraction of sp³-hybridized carbons (Fsp3) is 0.375. The van der Waals surface area contributed by atoms with Crippen LogP contribution >= 0.6 is 0 Å². The molecule has 10 nitrogen and oxygen atoms in total. The molecule has 1 N–H and O–H groups in total. The molecule has 1 aliphatic rings. The van der Waals surface area contributed by atoms with Crippen LogP contribution in [-0.2, 0) is 0 Å². The van der Waals surface area contributed by atoms with Crippen molar-refractivity contribution in [1.29, 1.82) is 0 Å². The summed E-state index contributed by atoms with van der Waals surface area (Å²) in [7, 11) is 3.81. The summed E-state index contributed by atoms with van der Waals surface area (Å²) < 4.78 is 11.7. The van der Waals surface area contributed by atoms with Crippen LogP contribution in [0.1, 0.15) is 39.4 Å². The van der Waals surface area contributed by atoms with Crippen molar-refractivity contribution in [3.05, 3.63) is 45.6 Å².